The van der Waals surface area contributed by atoms with E-state index in [0.717, 1.165) is 20.8 Å². The van der Waals surface area contributed by atoms with Crippen molar-refractivity contribution in [3.8, 4) is 0 Å². The average molecular weight is 311 g/mol. The lowest BCUT2D eigenvalue weighted by Gasteiger charge is -2.03. The molecule has 0 aliphatic rings. The molecular formula is C12H13N3O3S2. The molecule has 2 heterocycles. The lowest BCUT2D eigenvalue weighted by Crippen LogP contribution is -2.30. The minimum atomic E-state index is -1.06. The van der Waals surface area contributed by atoms with E-state index in [1.807, 2.05) is 13.8 Å². The fraction of sp³-hybridized carbons (Fsp3) is 0.333. The molecule has 0 bridgehead atoms. The van der Waals surface area contributed by atoms with Crippen molar-refractivity contribution in [3.63, 3.8) is 0 Å². The first-order valence-corrected chi connectivity index (χ1v) is 7.61. The molecule has 0 radical (unpaired) electrons. The normalized spacial score (nSPS) is 10.7. The molecule has 2 aromatic rings. The molecule has 0 spiro atoms. The predicted octanol–water partition coefficient (Wildman–Crippen LogP) is 1.60. The van der Waals surface area contributed by atoms with E-state index in [9.17, 15) is 9.59 Å². The zero-order valence-electron chi connectivity index (χ0n) is 11.0. The number of carbonyl (C=O) groups excluding carboxylic acids is 1. The fourth-order valence-electron chi connectivity index (χ4n) is 1.62. The Kier molecular flexibility index (Phi) is 4.56. The van der Waals surface area contributed by atoms with Gasteiger partial charge in [-0.2, -0.15) is 0 Å². The summed E-state index contributed by atoms with van der Waals surface area (Å²) in [6.45, 7) is 3.66. The number of aliphatic carboxylic acids is 1. The van der Waals surface area contributed by atoms with Crippen LogP contribution in [0.25, 0.3) is 10.2 Å². The van der Waals surface area contributed by atoms with E-state index >= 15 is 0 Å². The number of thioether (sulfide) groups is 1. The molecule has 2 rings (SSSR count). The van der Waals surface area contributed by atoms with E-state index in [0.29, 0.717) is 0 Å². The van der Waals surface area contributed by atoms with Gasteiger partial charge < -0.3 is 10.4 Å². The van der Waals surface area contributed by atoms with Crippen LogP contribution in [0.3, 0.4) is 0 Å². The van der Waals surface area contributed by atoms with Gasteiger partial charge in [-0.15, -0.1) is 11.3 Å². The van der Waals surface area contributed by atoms with Gasteiger partial charge in [0, 0.05) is 10.3 Å². The summed E-state index contributed by atoms with van der Waals surface area (Å²) in [7, 11) is 0. The molecule has 6 nitrogen and oxygen atoms in total. The molecule has 106 valence electrons. The topological polar surface area (TPSA) is 92.2 Å². The number of aryl methyl sites for hydroxylation is 2. The van der Waals surface area contributed by atoms with E-state index in [-0.39, 0.29) is 18.2 Å². The number of carbonyl (C=O) groups is 2. The molecule has 1 amide bonds. The summed E-state index contributed by atoms with van der Waals surface area (Å²) in [6, 6.07) is 0. The lowest BCUT2D eigenvalue weighted by molar-refractivity contribution is -0.137. The summed E-state index contributed by atoms with van der Waals surface area (Å²) in [4.78, 5) is 32.4. The zero-order valence-corrected chi connectivity index (χ0v) is 12.6. The quantitative estimate of drug-likeness (QED) is 0.643. The Morgan fingerprint density at radius 2 is 2.15 bits per heavy atom. The third-order valence-corrected chi connectivity index (χ3v) is 4.81. The summed E-state index contributed by atoms with van der Waals surface area (Å²) < 4.78 is 0. The van der Waals surface area contributed by atoms with E-state index < -0.39 is 5.97 Å². The van der Waals surface area contributed by atoms with Gasteiger partial charge in [0.05, 0.1) is 5.75 Å². The van der Waals surface area contributed by atoms with E-state index in [1.165, 1.54) is 23.0 Å². The van der Waals surface area contributed by atoms with Gasteiger partial charge >= 0.3 is 5.97 Å². The average Bonchev–Trinajstić information content (AvgIpc) is 2.70. The molecular weight excluding hydrogens is 298 g/mol. The fourth-order valence-corrected chi connectivity index (χ4v) is 3.57. The molecule has 0 aromatic carbocycles. The summed E-state index contributed by atoms with van der Waals surface area (Å²) in [5, 5.41) is 12.5. The smallest absolute Gasteiger partial charge is 0.322 e. The van der Waals surface area contributed by atoms with Crippen molar-refractivity contribution < 1.29 is 14.7 Å². The van der Waals surface area contributed by atoms with Gasteiger partial charge in [-0.25, -0.2) is 9.97 Å². The monoisotopic (exact) mass is 311 g/mol. The largest absolute Gasteiger partial charge is 0.480 e. The lowest BCUT2D eigenvalue weighted by atomic mass is 10.2. The van der Waals surface area contributed by atoms with E-state index in [4.69, 9.17) is 5.11 Å². The molecule has 0 aliphatic carbocycles. The first kappa shape index (κ1) is 14.7. The summed E-state index contributed by atoms with van der Waals surface area (Å²) in [6.07, 6.45) is 1.48. The van der Waals surface area contributed by atoms with Crippen LogP contribution in [0.15, 0.2) is 11.4 Å². The summed E-state index contributed by atoms with van der Waals surface area (Å²) in [5.74, 6) is -1.25. The van der Waals surface area contributed by atoms with Crippen LogP contribution >= 0.6 is 23.1 Å². The summed E-state index contributed by atoms with van der Waals surface area (Å²) >= 11 is 2.89. The Bertz CT molecular complexity index is 669. The number of amides is 1. The van der Waals surface area contributed by atoms with Crippen molar-refractivity contribution >= 4 is 45.2 Å². The maximum Gasteiger partial charge on any atom is 0.322 e. The standard InChI is InChI=1S/C12H13N3O3S2/c1-6-7(2)20-12-10(6)11(14-5-15-12)19-4-8(16)13-3-9(17)18/h5H,3-4H2,1-2H3,(H,13,16)(H,17,18). The molecule has 0 saturated carbocycles. The highest BCUT2D eigenvalue weighted by molar-refractivity contribution is 8.00. The van der Waals surface area contributed by atoms with Gasteiger partial charge in [-0.3, -0.25) is 9.59 Å². The second kappa shape index (κ2) is 6.19. The predicted molar refractivity (Wildman–Crippen MR) is 78.3 cm³/mol. The second-order valence-electron chi connectivity index (χ2n) is 4.10. The number of carboxylic acids is 1. The van der Waals surface area contributed by atoms with Crippen molar-refractivity contribution in [1.82, 2.24) is 15.3 Å². The number of aromatic nitrogens is 2. The minimum absolute atomic E-state index is 0.133. The summed E-state index contributed by atoms with van der Waals surface area (Å²) in [5.41, 5.74) is 1.12. The van der Waals surface area contributed by atoms with Gasteiger partial charge in [0.25, 0.3) is 0 Å². The number of carboxylic acid groups (broad SMARTS) is 1. The molecule has 0 fully saturated rings. The van der Waals surface area contributed by atoms with Crippen LogP contribution in [-0.4, -0.2) is 39.2 Å². The molecule has 0 saturated heterocycles. The van der Waals surface area contributed by atoms with Gasteiger partial charge in [-0.1, -0.05) is 11.8 Å². The van der Waals surface area contributed by atoms with Crippen molar-refractivity contribution in [3.05, 3.63) is 16.8 Å². The van der Waals surface area contributed by atoms with Crippen LogP contribution in [-0.2, 0) is 9.59 Å². The van der Waals surface area contributed by atoms with Gasteiger partial charge in [0.2, 0.25) is 5.91 Å². The van der Waals surface area contributed by atoms with Crippen molar-refractivity contribution in [2.24, 2.45) is 0 Å². The number of fused-ring (bicyclic) bond motifs is 1. The molecule has 0 aliphatic heterocycles. The van der Waals surface area contributed by atoms with Crippen LogP contribution in [0.4, 0.5) is 0 Å². The van der Waals surface area contributed by atoms with Crippen molar-refractivity contribution in [2.75, 3.05) is 12.3 Å². The van der Waals surface area contributed by atoms with Gasteiger partial charge in [-0.05, 0) is 19.4 Å². The van der Waals surface area contributed by atoms with Gasteiger partial charge in [0.1, 0.15) is 22.7 Å². The third-order valence-electron chi connectivity index (χ3n) is 2.71. The zero-order chi connectivity index (χ0) is 14.7. The Morgan fingerprint density at radius 1 is 1.40 bits per heavy atom. The highest BCUT2D eigenvalue weighted by atomic mass is 32.2. The molecule has 2 N–H and O–H groups in total. The Labute approximate surface area is 123 Å². The Morgan fingerprint density at radius 3 is 2.85 bits per heavy atom. The van der Waals surface area contributed by atoms with E-state index in [2.05, 4.69) is 15.3 Å². The molecule has 20 heavy (non-hydrogen) atoms. The van der Waals surface area contributed by atoms with Crippen molar-refractivity contribution in [1.29, 1.82) is 0 Å². The molecule has 0 unspecified atom stereocenters. The number of hydrogen-bond donors (Lipinski definition) is 2. The Balaban J connectivity index is 2.10. The van der Waals surface area contributed by atoms with Crippen LogP contribution in [0.1, 0.15) is 10.4 Å². The highest BCUT2D eigenvalue weighted by Gasteiger charge is 2.13. The molecule has 2 aromatic heterocycles. The number of thiophene rings is 1. The van der Waals surface area contributed by atoms with E-state index in [1.54, 1.807) is 11.3 Å². The van der Waals surface area contributed by atoms with Gasteiger partial charge in [0.15, 0.2) is 0 Å². The number of hydrogen-bond acceptors (Lipinski definition) is 6. The molecule has 0 atom stereocenters. The number of nitrogens with zero attached hydrogens (tertiary/aromatic N) is 2. The highest BCUT2D eigenvalue weighted by Crippen LogP contribution is 2.34. The van der Waals surface area contributed by atoms with Crippen LogP contribution in [0, 0.1) is 13.8 Å². The molecule has 8 heteroatoms. The Hall–Kier alpha value is -1.67. The third kappa shape index (κ3) is 3.26. The first-order valence-electron chi connectivity index (χ1n) is 5.81. The number of rotatable bonds is 5. The number of nitrogens with one attached hydrogen (secondary N) is 1. The second-order valence-corrected chi connectivity index (χ2v) is 6.27. The first-order chi connectivity index (χ1) is 9.49. The SMILES string of the molecule is Cc1sc2ncnc(SCC(=O)NCC(=O)O)c2c1C. The minimum Gasteiger partial charge on any atom is -0.480 e. The van der Waals surface area contributed by atoms with Crippen molar-refractivity contribution in [2.45, 2.75) is 18.9 Å². The van der Waals surface area contributed by atoms with Crippen LogP contribution in [0.5, 0.6) is 0 Å². The maximum atomic E-state index is 11.5. The van der Waals surface area contributed by atoms with Crippen LogP contribution in [0.2, 0.25) is 0 Å². The maximum absolute atomic E-state index is 11.5. The van der Waals surface area contributed by atoms with Crippen LogP contribution < -0.4 is 5.32 Å².